The fourth-order valence-corrected chi connectivity index (χ4v) is 1.29. The number of anilines is 1. The molecule has 1 aromatic rings. The summed E-state index contributed by atoms with van der Waals surface area (Å²) in [7, 11) is 0. The molecule has 0 fully saturated rings. The van der Waals surface area contributed by atoms with Crippen molar-refractivity contribution in [3.05, 3.63) is 12.5 Å². The Morgan fingerprint density at radius 3 is 3.08 bits per heavy atom. The average molecular weight is 167 g/mol. The predicted octanol–water partition coefficient (Wildman–Crippen LogP) is 2.11. The average Bonchev–Trinajstić information content (AvgIpc) is 2.49. The van der Waals surface area contributed by atoms with Gasteiger partial charge >= 0.3 is 0 Å². The second-order valence-electron chi connectivity index (χ2n) is 3.43. The van der Waals surface area contributed by atoms with Crippen molar-refractivity contribution in [1.82, 2.24) is 0 Å². The number of hydrogen-bond acceptors (Lipinski definition) is 3. The number of hydrogen-bond donors (Lipinski definition) is 1. The van der Waals surface area contributed by atoms with Gasteiger partial charge in [-0.25, -0.2) is 0 Å². The molecule has 0 saturated heterocycles. The maximum Gasteiger partial charge on any atom is 0.181 e. The highest BCUT2D eigenvalue weighted by molar-refractivity contribution is 5.55. The fourth-order valence-electron chi connectivity index (χ4n) is 1.29. The van der Waals surface area contributed by atoms with Gasteiger partial charge in [0.1, 0.15) is 24.3 Å². The first-order chi connectivity index (χ1) is 5.77. The molecule has 1 N–H and O–H groups in total. The SMILES string of the molecule is CC(C)C1CNc2cocc2O1. The Bertz CT molecular complexity index is 267. The van der Waals surface area contributed by atoms with Crippen LogP contribution in [0.4, 0.5) is 5.69 Å². The second kappa shape index (κ2) is 2.73. The van der Waals surface area contributed by atoms with Crippen molar-refractivity contribution < 1.29 is 9.15 Å². The van der Waals surface area contributed by atoms with Gasteiger partial charge in [-0.05, 0) is 5.92 Å². The number of ether oxygens (including phenoxy) is 1. The minimum atomic E-state index is 0.259. The topological polar surface area (TPSA) is 34.4 Å². The van der Waals surface area contributed by atoms with Crippen molar-refractivity contribution in [3.63, 3.8) is 0 Å². The van der Waals surface area contributed by atoms with E-state index in [4.69, 9.17) is 9.15 Å². The first-order valence-corrected chi connectivity index (χ1v) is 4.24. The van der Waals surface area contributed by atoms with Crippen molar-refractivity contribution in [1.29, 1.82) is 0 Å². The lowest BCUT2D eigenvalue weighted by molar-refractivity contribution is 0.156. The van der Waals surface area contributed by atoms with E-state index < -0.39 is 0 Å². The normalized spacial score (nSPS) is 21.4. The van der Waals surface area contributed by atoms with Crippen molar-refractivity contribution in [2.24, 2.45) is 5.92 Å². The van der Waals surface area contributed by atoms with E-state index in [0.29, 0.717) is 5.92 Å². The molecular weight excluding hydrogens is 154 g/mol. The third-order valence-corrected chi connectivity index (χ3v) is 2.14. The van der Waals surface area contributed by atoms with E-state index in [1.807, 2.05) is 0 Å². The lowest BCUT2D eigenvalue weighted by atomic mass is 10.1. The van der Waals surface area contributed by atoms with Gasteiger partial charge in [0.15, 0.2) is 5.75 Å². The van der Waals surface area contributed by atoms with Crippen molar-refractivity contribution in [3.8, 4) is 5.75 Å². The summed E-state index contributed by atoms with van der Waals surface area (Å²) in [6, 6.07) is 0. The number of rotatable bonds is 1. The van der Waals surface area contributed by atoms with Crippen LogP contribution >= 0.6 is 0 Å². The Kier molecular flexibility index (Phi) is 1.71. The molecule has 0 aromatic carbocycles. The van der Waals surface area contributed by atoms with Gasteiger partial charge in [-0.2, -0.15) is 0 Å². The van der Waals surface area contributed by atoms with Gasteiger partial charge in [-0.15, -0.1) is 0 Å². The van der Waals surface area contributed by atoms with Crippen LogP contribution in [0.2, 0.25) is 0 Å². The first-order valence-electron chi connectivity index (χ1n) is 4.24. The lowest BCUT2D eigenvalue weighted by Crippen LogP contribution is -2.34. The molecule has 1 aliphatic rings. The van der Waals surface area contributed by atoms with Crippen molar-refractivity contribution >= 4 is 5.69 Å². The molecular formula is C9H13NO2. The minimum absolute atomic E-state index is 0.259. The maximum absolute atomic E-state index is 5.68. The third kappa shape index (κ3) is 1.15. The van der Waals surface area contributed by atoms with E-state index >= 15 is 0 Å². The van der Waals surface area contributed by atoms with E-state index in [1.54, 1.807) is 12.5 Å². The van der Waals surface area contributed by atoms with Gasteiger partial charge in [-0.1, -0.05) is 13.8 Å². The van der Waals surface area contributed by atoms with Crippen LogP contribution in [0.1, 0.15) is 13.8 Å². The molecule has 1 aliphatic heterocycles. The van der Waals surface area contributed by atoms with Crippen LogP contribution in [0, 0.1) is 5.92 Å². The van der Waals surface area contributed by atoms with E-state index in [-0.39, 0.29) is 6.10 Å². The first kappa shape index (κ1) is 7.53. The Morgan fingerprint density at radius 2 is 2.33 bits per heavy atom. The highest BCUT2D eigenvalue weighted by Gasteiger charge is 2.22. The molecule has 12 heavy (non-hydrogen) atoms. The molecule has 3 heteroatoms. The van der Waals surface area contributed by atoms with Gasteiger partial charge in [0.25, 0.3) is 0 Å². The molecule has 0 radical (unpaired) electrons. The highest BCUT2D eigenvalue weighted by atomic mass is 16.5. The van der Waals surface area contributed by atoms with E-state index in [1.165, 1.54) is 0 Å². The predicted molar refractivity (Wildman–Crippen MR) is 46.5 cm³/mol. The number of fused-ring (bicyclic) bond motifs is 1. The molecule has 0 saturated carbocycles. The van der Waals surface area contributed by atoms with Gasteiger partial charge in [0.05, 0.1) is 6.54 Å². The van der Waals surface area contributed by atoms with Crippen LogP contribution in [0.3, 0.4) is 0 Å². The van der Waals surface area contributed by atoms with Crippen LogP contribution in [0.15, 0.2) is 16.9 Å². The van der Waals surface area contributed by atoms with Gasteiger partial charge in [-0.3, -0.25) is 0 Å². The molecule has 0 spiro atoms. The number of furan rings is 1. The monoisotopic (exact) mass is 167 g/mol. The molecule has 2 heterocycles. The van der Waals surface area contributed by atoms with Crippen LogP contribution in [-0.2, 0) is 0 Å². The summed E-state index contributed by atoms with van der Waals surface area (Å²) in [4.78, 5) is 0. The molecule has 0 aliphatic carbocycles. The van der Waals surface area contributed by atoms with Crippen LogP contribution in [0.25, 0.3) is 0 Å². The lowest BCUT2D eigenvalue weighted by Gasteiger charge is -2.27. The number of nitrogens with one attached hydrogen (secondary N) is 1. The zero-order valence-corrected chi connectivity index (χ0v) is 7.33. The molecule has 3 nitrogen and oxygen atoms in total. The summed E-state index contributed by atoms with van der Waals surface area (Å²) < 4.78 is 10.7. The van der Waals surface area contributed by atoms with Gasteiger partial charge in [0.2, 0.25) is 0 Å². The molecule has 2 rings (SSSR count). The van der Waals surface area contributed by atoms with E-state index in [2.05, 4.69) is 19.2 Å². The largest absolute Gasteiger partial charge is 0.483 e. The standard InChI is InChI=1S/C9H13NO2/c1-6(2)8-3-10-7-4-11-5-9(7)12-8/h4-6,8,10H,3H2,1-2H3. The third-order valence-electron chi connectivity index (χ3n) is 2.14. The van der Waals surface area contributed by atoms with Gasteiger partial charge in [0, 0.05) is 0 Å². The zero-order chi connectivity index (χ0) is 8.55. The quantitative estimate of drug-likeness (QED) is 0.695. The highest BCUT2D eigenvalue weighted by Crippen LogP contribution is 2.31. The Balaban J connectivity index is 2.15. The molecule has 1 unspecified atom stereocenters. The van der Waals surface area contributed by atoms with Crippen LogP contribution in [-0.4, -0.2) is 12.6 Å². The summed E-state index contributed by atoms with van der Waals surface area (Å²) >= 11 is 0. The molecule has 0 bridgehead atoms. The van der Waals surface area contributed by atoms with Gasteiger partial charge < -0.3 is 14.5 Å². The smallest absolute Gasteiger partial charge is 0.181 e. The minimum Gasteiger partial charge on any atom is -0.483 e. The summed E-state index contributed by atoms with van der Waals surface area (Å²) in [6.45, 7) is 5.17. The van der Waals surface area contributed by atoms with Crippen molar-refractivity contribution in [2.75, 3.05) is 11.9 Å². The molecule has 0 amide bonds. The molecule has 66 valence electrons. The zero-order valence-electron chi connectivity index (χ0n) is 7.33. The van der Waals surface area contributed by atoms with E-state index in [0.717, 1.165) is 18.0 Å². The van der Waals surface area contributed by atoms with Crippen LogP contribution in [0.5, 0.6) is 5.75 Å². The Labute approximate surface area is 71.7 Å². The van der Waals surface area contributed by atoms with Crippen LogP contribution < -0.4 is 10.1 Å². The summed E-state index contributed by atoms with van der Waals surface area (Å²) in [5.74, 6) is 1.36. The fraction of sp³-hybridized carbons (Fsp3) is 0.556. The Morgan fingerprint density at radius 1 is 1.50 bits per heavy atom. The Hall–Kier alpha value is -1.12. The maximum atomic E-state index is 5.68. The molecule has 1 aromatic heterocycles. The summed E-state index contributed by atoms with van der Waals surface area (Å²) in [5, 5.41) is 3.26. The van der Waals surface area contributed by atoms with E-state index in [9.17, 15) is 0 Å². The summed E-state index contributed by atoms with van der Waals surface area (Å²) in [6.07, 6.45) is 3.57. The summed E-state index contributed by atoms with van der Waals surface area (Å²) in [5.41, 5.74) is 0.965. The van der Waals surface area contributed by atoms with Crippen molar-refractivity contribution in [2.45, 2.75) is 20.0 Å². The molecule has 1 atom stereocenters. The second-order valence-corrected chi connectivity index (χ2v) is 3.43.